The molecule has 7 nitrogen and oxygen atoms in total. The molecule has 3 rings (SSSR count). The summed E-state index contributed by atoms with van der Waals surface area (Å²) >= 11 is 1.46. The number of amides is 1. The molecule has 9 heteroatoms. The van der Waals surface area contributed by atoms with Crippen LogP contribution >= 0.6 is 11.3 Å². The zero-order valence-corrected chi connectivity index (χ0v) is 17.0. The molecule has 1 saturated heterocycles. The van der Waals surface area contributed by atoms with Crippen LogP contribution in [0, 0.1) is 0 Å². The van der Waals surface area contributed by atoms with E-state index in [2.05, 4.69) is 0 Å². The Kier molecular flexibility index (Phi) is 6.82. The number of esters is 1. The standard InChI is InChI=1S/C19H22N2O5S2/c22-18(14-26-19(23)13-17-7-4-12-27-17)20-8-10-21(11-9-20)28(24,25)15-16-5-2-1-3-6-16/h1-7,12H,8-11,13-15H2. The van der Waals surface area contributed by atoms with Gasteiger partial charge in [-0.15, -0.1) is 11.3 Å². The quantitative estimate of drug-likeness (QED) is 0.632. The number of sulfonamides is 1. The first-order valence-corrected chi connectivity index (χ1v) is 11.4. The molecule has 28 heavy (non-hydrogen) atoms. The maximum Gasteiger partial charge on any atom is 0.311 e. The molecule has 0 atom stereocenters. The van der Waals surface area contributed by atoms with Crippen molar-refractivity contribution < 1.29 is 22.7 Å². The van der Waals surface area contributed by atoms with Gasteiger partial charge >= 0.3 is 5.97 Å². The molecular formula is C19H22N2O5S2. The summed E-state index contributed by atoms with van der Waals surface area (Å²) in [6.07, 6.45) is 0.149. The van der Waals surface area contributed by atoms with Gasteiger partial charge in [0.25, 0.3) is 5.91 Å². The fourth-order valence-electron chi connectivity index (χ4n) is 2.93. The van der Waals surface area contributed by atoms with Crippen molar-refractivity contribution in [3.8, 4) is 0 Å². The van der Waals surface area contributed by atoms with E-state index >= 15 is 0 Å². The first kappa shape index (κ1) is 20.5. The van der Waals surface area contributed by atoms with E-state index in [4.69, 9.17) is 4.74 Å². The number of thiophene rings is 1. The van der Waals surface area contributed by atoms with Gasteiger partial charge < -0.3 is 9.64 Å². The van der Waals surface area contributed by atoms with Gasteiger partial charge in [-0.2, -0.15) is 4.31 Å². The van der Waals surface area contributed by atoms with E-state index in [0.29, 0.717) is 0 Å². The number of hydrogen-bond acceptors (Lipinski definition) is 6. The van der Waals surface area contributed by atoms with Gasteiger partial charge in [-0.3, -0.25) is 9.59 Å². The third kappa shape index (κ3) is 5.63. The lowest BCUT2D eigenvalue weighted by molar-refractivity contribution is -0.151. The Hall–Kier alpha value is -2.23. The van der Waals surface area contributed by atoms with E-state index in [0.717, 1.165) is 10.4 Å². The van der Waals surface area contributed by atoms with Gasteiger partial charge in [-0.25, -0.2) is 8.42 Å². The van der Waals surface area contributed by atoms with Crippen LogP contribution in [0.25, 0.3) is 0 Å². The maximum atomic E-state index is 12.6. The van der Waals surface area contributed by atoms with Gasteiger partial charge in [0.15, 0.2) is 6.61 Å². The summed E-state index contributed by atoms with van der Waals surface area (Å²) in [5.41, 5.74) is 0.735. The highest BCUT2D eigenvalue weighted by Crippen LogP contribution is 2.14. The molecule has 1 fully saturated rings. The van der Waals surface area contributed by atoms with Crippen molar-refractivity contribution in [2.45, 2.75) is 12.2 Å². The third-order valence-corrected chi connectivity index (χ3v) is 7.16. The monoisotopic (exact) mass is 422 g/mol. The normalized spacial score (nSPS) is 15.4. The van der Waals surface area contributed by atoms with Crippen molar-refractivity contribution in [1.29, 1.82) is 0 Å². The van der Waals surface area contributed by atoms with Crippen LogP contribution in [0.3, 0.4) is 0 Å². The Bertz CT molecular complexity index is 890. The van der Waals surface area contributed by atoms with E-state index in [1.165, 1.54) is 20.5 Å². The second-order valence-corrected chi connectivity index (χ2v) is 9.44. The molecule has 0 spiro atoms. The van der Waals surface area contributed by atoms with Crippen LogP contribution in [0.2, 0.25) is 0 Å². The van der Waals surface area contributed by atoms with Crippen LogP contribution in [0.1, 0.15) is 10.4 Å². The van der Waals surface area contributed by atoms with E-state index < -0.39 is 16.0 Å². The van der Waals surface area contributed by atoms with Crippen molar-refractivity contribution in [3.05, 3.63) is 58.3 Å². The Morgan fingerprint density at radius 2 is 1.71 bits per heavy atom. The Labute approximate surface area is 168 Å². The third-order valence-electron chi connectivity index (χ3n) is 4.43. The molecule has 1 aliphatic heterocycles. The summed E-state index contributed by atoms with van der Waals surface area (Å²) in [7, 11) is -3.43. The van der Waals surface area contributed by atoms with Crippen molar-refractivity contribution in [3.63, 3.8) is 0 Å². The van der Waals surface area contributed by atoms with Crippen molar-refractivity contribution in [2.24, 2.45) is 0 Å². The predicted molar refractivity (Wildman–Crippen MR) is 106 cm³/mol. The molecule has 1 aromatic heterocycles. The number of nitrogens with zero attached hydrogens (tertiary/aromatic N) is 2. The highest BCUT2D eigenvalue weighted by Gasteiger charge is 2.29. The van der Waals surface area contributed by atoms with Gasteiger partial charge in [-0.05, 0) is 17.0 Å². The molecule has 150 valence electrons. The lowest BCUT2D eigenvalue weighted by Crippen LogP contribution is -2.51. The van der Waals surface area contributed by atoms with Crippen molar-refractivity contribution >= 4 is 33.2 Å². The Balaban J connectivity index is 1.44. The van der Waals surface area contributed by atoms with Crippen LogP contribution in [0.15, 0.2) is 47.8 Å². The van der Waals surface area contributed by atoms with E-state index in [1.807, 2.05) is 23.6 Å². The van der Waals surface area contributed by atoms with Gasteiger partial charge in [0.2, 0.25) is 10.0 Å². The van der Waals surface area contributed by atoms with Crippen LogP contribution in [-0.4, -0.2) is 62.3 Å². The predicted octanol–water partition coefficient (Wildman–Crippen LogP) is 1.51. The molecule has 0 unspecified atom stereocenters. The van der Waals surface area contributed by atoms with E-state index in [9.17, 15) is 18.0 Å². The number of ether oxygens (including phenoxy) is 1. The number of piperazine rings is 1. The molecule has 0 aliphatic carbocycles. The molecule has 0 N–H and O–H groups in total. The molecule has 0 saturated carbocycles. The number of carbonyl (C=O) groups excluding carboxylic acids is 2. The largest absolute Gasteiger partial charge is 0.455 e. The summed E-state index contributed by atoms with van der Waals surface area (Å²) in [5, 5.41) is 1.87. The average molecular weight is 423 g/mol. The molecule has 0 bridgehead atoms. The number of carbonyl (C=O) groups is 2. The molecule has 2 heterocycles. The van der Waals surface area contributed by atoms with Crippen LogP contribution < -0.4 is 0 Å². The zero-order chi connectivity index (χ0) is 20.0. The summed E-state index contributed by atoms with van der Waals surface area (Å²) in [5.74, 6) is -0.804. The SMILES string of the molecule is O=C(Cc1cccs1)OCC(=O)N1CCN(S(=O)(=O)Cc2ccccc2)CC1. The van der Waals surface area contributed by atoms with Gasteiger partial charge in [-0.1, -0.05) is 36.4 Å². The summed E-state index contributed by atoms with van der Waals surface area (Å²) < 4.78 is 31.6. The van der Waals surface area contributed by atoms with Crippen LogP contribution in [0.5, 0.6) is 0 Å². The topological polar surface area (TPSA) is 84.0 Å². The highest BCUT2D eigenvalue weighted by molar-refractivity contribution is 7.88. The molecule has 1 aliphatic rings. The van der Waals surface area contributed by atoms with Gasteiger partial charge in [0.05, 0.1) is 12.2 Å². The molecule has 2 aromatic rings. The summed E-state index contributed by atoms with van der Waals surface area (Å²) in [4.78, 5) is 26.4. The lowest BCUT2D eigenvalue weighted by Gasteiger charge is -2.33. The number of benzene rings is 1. The fourth-order valence-corrected chi connectivity index (χ4v) is 5.14. The summed E-state index contributed by atoms with van der Waals surface area (Å²) in [6.45, 7) is 0.736. The molecular weight excluding hydrogens is 400 g/mol. The van der Waals surface area contributed by atoms with Gasteiger partial charge in [0, 0.05) is 31.1 Å². The highest BCUT2D eigenvalue weighted by atomic mass is 32.2. The van der Waals surface area contributed by atoms with Gasteiger partial charge in [0.1, 0.15) is 0 Å². The fraction of sp³-hybridized carbons (Fsp3) is 0.368. The van der Waals surface area contributed by atoms with Crippen molar-refractivity contribution in [1.82, 2.24) is 9.21 Å². The summed E-state index contributed by atoms with van der Waals surface area (Å²) in [6, 6.07) is 12.7. The lowest BCUT2D eigenvalue weighted by atomic mass is 10.2. The minimum absolute atomic E-state index is 0.0535. The van der Waals surface area contributed by atoms with Crippen LogP contribution in [-0.2, 0) is 36.5 Å². The minimum Gasteiger partial charge on any atom is -0.455 e. The van der Waals surface area contributed by atoms with E-state index in [1.54, 1.807) is 24.3 Å². The molecule has 0 radical (unpaired) electrons. The van der Waals surface area contributed by atoms with Crippen molar-refractivity contribution in [2.75, 3.05) is 32.8 Å². The maximum absolute atomic E-state index is 12.6. The first-order valence-electron chi connectivity index (χ1n) is 8.91. The number of hydrogen-bond donors (Lipinski definition) is 0. The average Bonchev–Trinajstić information content (AvgIpc) is 3.19. The van der Waals surface area contributed by atoms with E-state index in [-0.39, 0.29) is 50.9 Å². The smallest absolute Gasteiger partial charge is 0.311 e. The second kappa shape index (κ2) is 9.31. The Morgan fingerprint density at radius 3 is 2.36 bits per heavy atom. The number of rotatable bonds is 7. The first-order chi connectivity index (χ1) is 13.4. The molecule has 1 amide bonds. The zero-order valence-electron chi connectivity index (χ0n) is 15.3. The Morgan fingerprint density at radius 1 is 1.00 bits per heavy atom. The molecule has 1 aromatic carbocycles. The second-order valence-electron chi connectivity index (χ2n) is 6.44. The van der Waals surface area contributed by atoms with Crippen LogP contribution in [0.4, 0.5) is 0 Å². The minimum atomic E-state index is -3.43.